The van der Waals surface area contributed by atoms with Crippen LogP contribution in [0.2, 0.25) is 0 Å². The zero-order chi connectivity index (χ0) is 21.4. The van der Waals surface area contributed by atoms with Gasteiger partial charge >= 0.3 is 6.18 Å². The van der Waals surface area contributed by atoms with Crippen molar-refractivity contribution >= 4 is 12.0 Å². The number of methoxy groups -OCH3 is 1. The summed E-state index contributed by atoms with van der Waals surface area (Å²) in [4.78, 5) is 6.09. The number of hydrogen-bond acceptors (Lipinski definition) is 5. The van der Waals surface area contributed by atoms with Crippen molar-refractivity contribution in [2.45, 2.75) is 32.5 Å². The number of ether oxygens (including phenoxy) is 3. The normalized spacial score (nSPS) is 14.3. The molecule has 160 valence electrons. The standard InChI is InChI=1S/C19H29F3N2O4/c1-6-24(4)13-23-16-11-17(26-5)15(10-14(16)3)18(25,19(20,21)22)12-28-9-8-27-7-2/h10-11,13,25H,6-9,12H2,1-5H3. The van der Waals surface area contributed by atoms with Crippen molar-refractivity contribution in [3.05, 3.63) is 23.3 Å². The third-order valence-electron chi connectivity index (χ3n) is 4.21. The number of nitrogens with zero attached hydrogens (tertiary/aromatic N) is 2. The van der Waals surface area contributed by atoms with Crippen LogP contribution in [-0.4, -0.2) is 69.7 Å². The van der Waals surface area contributed by atoms with Crippen molar-refractivity contribution in [1.29, 1.82) is 0 Å². The smallest absolute Gasteiger partial charge is 0.423 e. The van der Waals surface area contributed by atoms with E-state index in [9.17, 15) is 18.3 Å². The molecule has 9 heteroatoms. The minimum atomic E-state index is -4.97. The Balaban J connectivity index is 3.26. The number of aliphatic imine (C=N–C) groups is 1. The van der Waals surface area contributed by atoms with Crippen molar-refractivity contribution < 1.29 is 32.5 Å². The van der Waals surface area contributed by atoms with Crippen LogP contribution in [0.1, 0.15) is 25.0 Å². The summed E-state index contributed by atoms with van der Waals surface area (Å²) in [5.74, 6) is -0.120. The van der Waals surface area contributed by atoms with E-state index in [0.717, 1.165) is 6.54 Å². The van der Waals surface area contributed by atoms with Crippen LogP contribution in [0.4, 0.5) is 18.9 Å². The van der Waals surface area contributed by atoms with Crippen LogP contribution in [-0.2, 0) is 15.1 Å². The molecule has 0 saturated heterocycles. The second-order valence-corrected chi connectivity index (χ2v) is 6.26. The van der Waals surface area contributed by atoms with Crippen LogP contribution in [0.3, 0.4) is 0 Å². The Labute approximate surface area is 163 Å². The quantitative estimate of drug-likeness (QED) is 0.347. The van der Waals surface area contributed by atoms with E-state index < -0.39 is 23.9 Å². The number of benzene rings is 1. The Kier molecular flexibility index (Phi) is 9.19. The van der Waals surface area contributed by atoms with E-state index in [2.05, 4.69) is 4.99 Å². The summed E-state index contributed by atoms with van der Waals surface area (Å²) in [5.41, 5.74) is -2.73. The lowest BCUT2D eigenvalue weighted by Crippen LogP contribution is -2.46. The molecule has 1 rings (SSSR count). The van der Waals surface area contributed by atoms with Crippen LogP contribution in [0.5, 0.6) is 5.75 Å². The first-order valence-corrected chi connectivity index (χ1v) is 8.98. The average Bonchev–Trinajstić information content (AvgIpc) is 2.65. The van der Waals surface area contributed by atoms with Crippen LogP contribution in [0, 0.1) is 6.92 Å². The molecule has 1 aromatic carbocycles. The van der Waals surface area contributed by atoms with E-state index in [1.165, 1.54) is 19.2 Å². The number of rotatable bonds is 11. The van der Waals surface area contributed by atoms with E-state index >= 15 is 0 Å². The van der Waals surface area contributed by atoms with Gasteiger partial charge in [0.25, 0.3) is 0 Å². The van der Waals surface area contributed by atoms with Gasteiger partial charge < -0.3 is 24.2 Å². The summed E-state index contributed by atoms with van der Waals surface area (Å²) in [5, 5.41) is 10.5. The van der Waals surface area contributed by atoms with Gasteiger partial charge in [0, 0.05) is 31.8 Å². The van der Waals surface area contributed by atoms with Gasteiger partial charge in [0.1, 0.15) is 5.75 Å². The molecular weight excluding hydrogens is 377 g/mol. The minimum absolute atomic E-state index is 0.0702. The zero-order valence-corrected chi connectivity index (χ0v) is 17.0. The third-order valence-corrected chi connectivity index (χ3v) is 4.21. The molecule has 0 aliphatic heterocycles. The predicted octanol–water partition coefficient (Wildman–Crippen LogP) is 3.42. The fourth-order valence-corrected chi connectivity index (χ4v) is 2.35. The van der Waals surface area contributed by atoms with Gasteiger partial charge in [-0.3, -0.25) is 0 Å². The SMILES string of the molecule is CCOCCOCC(O)(c1cc(C)c(N=CN(C)CC)cc1OC)C(F)(F)F. The summed E-state index contributed by atoms with van der Waals surface area (Å²) in [6.07, 6.45) is -3.39. The summed E-state index contributed by atoms with van der Waals surface area (Å²) in [6.45, 7) is 5.58. The molecule has 0 aliphatic carbocycles. The Morgan fingerprint density at radius 2 is 1.82 bits per heavy atom. The molecule has 0 aromatic heterocycles. The maximum Gasteiger partial charge on any atom is 0.423 e. The Bertz CT molecular complexity index is 653. The highest BCUT2D eigenvalue weighted by Gasteiger charge is 2.56. The summed E-state index contributed by atoms with van der Waals surface area (Å²) >= 11 is 0. The minimum Gasteiger partial charge on any atom is -0.496 e. The highest BCUT2D eigenvalue weighted by atomic mass is 19.4. The van der Waals surface area contributed by atoms with Gasteiger partial charge in [-0.15, -0.1) is 0 Å². The van der Waals surface area contributed by atoms with Crippen molar-refractivity contribution in [3.63, 3.8) is 0 Å². The second-order valence-electron chi connectivity index (χ2n) is 6.26. The summed E-state index contributed by atoms with van der Waals surface area (Å²) in [7, 11) is 3.07. The van der Waals surface area contributed by atoms with Crippen LogP contribution in [0.25, 0.3) is 0 Å². The number of alkyl halides is 3. The first kappa shape index (κ1) is 24.2. The van der Waals surface area contributed by atoms with Gasteiger partial charge in [-0.05, 0) is 32.4 Å². The lowest BCUT2D eigenvalue weighted by Gasteiger charge is -2.32. The molecule has 1 atom stereocenters. The highest BCUT2D eigenvalue weighted by molar-refractivity contribution is 5.65. The molecule has 1 unspecified atom stereocenters. The largest absolute Gasteiger partial charge is 0.496 e. The highest BCUT2D eigenvalue weighted by Crippen LogP contribution is 2.45. The molecule has 0 radical (unpaired) electrons. The van der Waals surface area contributed by atoms with Crippen LogP contribution >= 0.6 is 0 Å². The monoisotopic (exact) mass is 406 g/mol. The molecule has 28 heavy (non-hydrogen) atoms. The van der Waals surface area contributed by atoms with Gasteiger partial charge in [0.05, 0.1) is 39.0 Å². The molecule has 0 bridgehead atoms. The summed E-state index contributed by atoms with van der Waals surface area (Å²) < 4.78 is 56.5. The van der Waals surface area contributed by atoms with E-state index in [-0.39, 0.29) is 19.0 Å². The molecule has 0 spiro atoms. The number of aryl methyl sites for hydroxylation is 1. The van der Waals surface area contributed by atoms with Crippen molar-refractivity contribution in [3.8, 4) is 5.75 Å². The first-order valence-electron chi connectivity index (χ1n) is 8.98. The van der Waals surface area contributed by atoms with Gasteiger partial charge in [-0.2, -0.15) is 13.2 Å². The molecule has 0 fully saturated rings. The average molecular weight is 406 g/mol. The Morgan fingerprint density at radius 1 is 1.18 bits per heavy atom. The van der Waals surface area contributed by atoms with Crippen molar-refractivity contribution in [2.24, 2.45) is 4.99 Å². The lowest BCUT2D eigenvalue weighted by molar-refractivity contribution is -0.282. The maximum atomic E-state index is 13.8. The van der Waals surface area contributed by atoms with E-state index in [1.807, 2.05) is 18.9 Å². The fourth-order valence-electron chi connectivity index (χ4n) is 2.35. The molecule has 1 N–H and O–H groups in total. The third kappa shape index (κ3) is 6.08. The summed E-state index contributed by atoms with van der Waals surface area (Å²) in [6, 6.07) is 2.61. The van der Waals surface area contributed by atoms with Crippen LogP contribution < -0.4 is 4.74 Å². The molecule has 0 saturated carbocycles. The van der Waals surface area contributed by atoms with Gasteiger partial charge in [-0.1, -0.05) is 0 Å². The maximum absolute atomic E-state index is 13.8. The van der Waals surface area contributed by atoms with Gasteiger partial charge in [0.2, 0.25) is 5.60 Å². The van der Waals surface area contributed by atoms with E-state index in [4.69, 9.17) is 14.2 Å². The predicted molar refractivity (Wildman–Crippen MR) is 101 cm³/mol. The number of hydrogen-bond donors (Lipinski definition) is 1. The molecule has 0 aliphatic rings. The Morgan fingerprint density at radius 3 is 2.36 bits per heavy atom. The first-order chi connectivity index (χ1) is 13.1. The van der Waals surface area contributed by atoms with Gasteiger partial charge in [-0.25, -0.2) is 4.99 Å². The molecule has 6 nitrogen and oxygen atoms in total. The number of halogens is 3. The van der Waals surface area contributed by atoms with Crippen molar-refractivity contribution in [1.82, 2.24) is 4.90 Å². The van der Waals surface area contributed by atoms with Crippen molar-refractivity contribution in [2.75, 3.05) is 47.1 Å². The molecule has 0 amide bonds. The Hall–Kier alpha value is -1.84. The zero-order valence-electron chi connectivity index (χ0n) is 17.0. The molecule has 0 heterocycles. The molecular formula is C19H29F3N2O4. The second kappa shape index (κ2) is 10.6. The number of aliphatic hydroxyl groups is 1. The van der Waals surface area contributed by atoms with Crippen LogP contribution in [0.15, 0.2) is 17.1 Å². The lowest BCUT2D eigenvalue weighted by atomic mass is 9.91. The molecule has 1 aromatic rings. The van der Waals surface area contributed by atoms with E-state index in [1.54, 1.807) is 20.2 Å². The van der Waals surface area contributed by atoms with Gasteiger partial charge in [0.15, 0.2) is 0 Å². The fraction of sp³-hybridized carbons (Fsp3) is 0.632. The topological polar surface area (TPSA) is 63.5 Å². The van der Waals surface area contributed by atoms with E-state index in [0.29, 0.717) is 17.9 Å².